The number of nitrogens with one attached hydrogen (secondary N) is 1. The Hall–Kier alpha value is -2.34. The number of anilines is 2. The molecule has 1 amide bonds. The van der Waals surface area contributed by atoms with Crippen LogP contribution >= 0.6 is 15.9 Å². The van der Waals surface area contributed by atoms with Crippen LogP contribution in [0, 0.1) is 0 Å². The highest BCUT2D eigenvalue weighted by Crippen LogP contribution is 2.21. The molecule has 0 atom stereocenters. The van der Waals surface area contributed by atoms with E-state index in [2.05, 4.69) is 21.2 Å². The first-order valence-corrected chi connectivity index (χ1v) is 6.46. The zero-order valence-electron chi connectivity index (χ0n) is 10.3. The van der Waals surface area contributed by atoms with Crippen LogP contribution in [0.2, 0.25) is 0 Å². The fourth-order valence-electron chi connectivity index (χ4n) is 1.62. The van der Waals surface area contributed by atoms with Crippen molar-refractivity contribution in [2.45, 2.75) is 0 Å². The molecular weight excluding hydrogens is 324 g/mol. The van der Waals surface area contributed by atoms with E-state index in [0.29, 0.717) is 21.4 Å². The van der Waals surface area contributed by atoms with Crippen LogP contribution in [0.3, 0.4) is 0 Å². The highest BCUT2D eigenvalue weighted by atomic mass is 79.9. The van der Waals surface area contributed by atoms with E-state index in [0.717, 1.165) is 0 Å². The highest BCUT2D eigenvalue weighted by molar-refractivity contribution is 9.10. The summed E-state index contributed by atoms with van der Waals surface area (Å²) in [7, 11) is 0. The topological polar surface area (TPSA) is 92.4 Å². The Bertz CT molecular complexity index is 686. The molecule has 0 radical (unpaired) electrons. The first-order chi connectivity index (χ1) is 9.47. The highest BCUT2D eigenvalue weighted by Gasteiger charge is 2.09. The van der Waals surface area contributed by atoms with Crippen LogP contribution in [-0.4, -0.2) is 17.0 Å². The molecule has 20 heavy (non-hydrogen) atoms. The van der Waals surface area contributed by atoms with E-state index in [1.807, 2.05) is 0 Å². The third-order valence-corrected chi connectivity index (χ3v) is 3.35. The molecule has 0 saturated carbocycles. The number of carbonyl (C=O) groups is 2. The van der Waals surface area contributed by atoms with Gasteiger partial charge in [-0.15, -0.1) is 0 Å². The Labute approximate surface area is 123 Å². The van der Waals surface area contributed by atoms with Gasteiger partial charge in [-0.1, -0.05) is 6.07 Å². The molecule has 0 aliphatic rings. The number of hydrogen-bond donors (Lipinski definition) is 3. The number of hydrogen-bond acceptors (Lipinski definition) is 3. The smallest absolute Gasteiger partial charge is 0.335 e. The molecule has 4 N–H and O–H groups in total. The summed E-state index contributed by atoms with van der Waals surface area (Å²) in [6.45, 7) is 0. The van der Waals surface area contributed by atoms with Crippen molar-refractivity contribution < 1.29 is 14.7 Å². The zero-order valence-corrected chi connectivity index (χ0v) is 11.8. The number of benzene rings is 2. The number of amides is 1. The summed E-state index contributed by atoms with van der Waals surface area (Å²) >= 11 is 3.25. The van der Waals surface area contributed by atoms with Gasteiger partial charge in [-0.25, -0.2) is 4.79 Å². The summed E-state index contributed by atoms with van der Waals surface area (Å²) < 4.78 is 0.710. The molecule has 6 heteroatoms. The molecule has 0 aliphatic heterocycles. The van der Waals surface area contributed by atoms with Crippen molar-refractivity contribution in [3.05, 3.63) is 58.1 Å². The molecule has 0 saturated heterocycles. The van der Waals surface area contributed by atoms with Crippen LogP contribution in [0.5, 0.6) is 0 Å². The van der Waals surface area contributed by atoms with Gasteiger partial charge in [0.1, 0.15) is 0 Å². The standard InChI is InChI=1S/C14H11BrN2O3/c15-11-5-4-8(7-12(11)16)13(18)17-10-3-1-2-9(6-10)14(19)20/h1-7H,16H2,(H,17,18)(H,19,20). The number of rotatable bonds is 3. The minimum Gasteiger partial charge on any atom is -0.478 e. The van der Waals surface area contributed by atoms with Crippen LogP contribution in [0.1, 0.15) is 20.7 Å². The van der Waals surface area contributed by atoms with E-state index in [9.17, 15) is 9.59 Å². The molecule has 2 aromatic rings. The first-order valence-electron chi connectivity index (χ1n) is 5.67. The normalized spacial score (nSPS) is 10.1. The predicted octanol–water partition coefficient (Wildman–Crippen LogP) is 2.98. The number of aromatic carboxylic acids is 1. The van der Waals surface area contributed by atoms with Crippen LogP contribution < -0.4 is 11.1 Å². The number of carbonyl (C=O) groups excluding carboxylic acids is 1. The maximum Gasteiger partial charge on any atom is 0.335 e. The van der Waals surface area contributed by atoms with Crippen LogP contribution in [0.25, 0.3) is 0 Å². The number of halogens is 1. The third-order valence-electron chi connectivity index (χ3n) is 2.63. The molecule has 0 aromatic heterocycles. The van der Waals surface area contributed by atoms with Crippen molar-refractivity contribution >= 4 is 39.2 Å². The summed E-state index contributed by atoms with van der Waals surface area (Å²) in [5.74, 6) is -1.40. The van der Waals surface area contributed by atoms with Gasteiger partial charge < -0.3 is 16.2 Å². The van der Waals surface area contributed by atoms with E-state index >= 15 is 0 Å². The van der Waals surface area contributed by atoms with Gasteiger partial charge in [0.15, 0.2) is 0 Å². The van der Waals surface area contributed by atoms with E-state index in [4.69, 9.17) is 10.8 Å². The number of carboxylic acids is 1. The maximum absolute atomic E-state index is 12.0. The number of nitrogens with two attached hydrogens (primary N) is 1. The fourth-order valence-corrected chi connectivity index (χ4v) is 1.86. The van der Waals surface area contributed by atoms with Gasteiger partial charge in [0.2, 0.25) is 0 Å². The van der Waals surface area contributed by atoms with E-state index in [1.54, 1.807) is 30.3 Å². The van der Waals surface area contributed by atoms with Crippen molar-refractivity contribution in [3.63, 3.8) is 0 Å². The van der Waals surface area contributed by atoms with Gasteiger partial charge in [-0.3, -0.25) is 4.79 Å². The SMILES string of the molecule is Nc1cc(C(=O)Nc2cccc(C(=O)O)c2)ccc1Br. The lowest BCUT2D eigenvalue weighted by Crippen LogP contribution is -2.12. The molecule has 102 valence electrons. The Kier molecular flexibility index (Phi) is 4.05. The molecule has 0 aliphatic carbocycles. The lowest BCUT2D eigenvalue weighted by Gasteiger charge is -2.07. The lowest BCUT2D eigenvalue weighted by atomic mass is 10.1. The fraction of sp³-hybridized carbons (Fsp3) is 0. The van der Waals surface area contributed by atoms with E-state index < -0.39 is 5.97 Å². The van der Waals surface area contributed by atoms with Gasteiger partial charge in [-0.05, 0) is 52.3 Å². The average molecular weight is 335 g/mol. The minimum atomic E-state index is -1.05. The molecule has 0 unspecified atom stereocenters. The van der Waals surface area contributed by atoms with Crippen LogP contribution in [-0.2, 0) is 0 Å². The summed E-state index contributed by atoms with van der Waals surface area (Å²) in [6, 6.07) is 10.9. The molecule has 5 nitrogen and oxygen atoms in total. The second kappa shape index (κ2) is 5.75. The monoisotopic (exact) mass is 334 g/mol. The molecule has 0 heterocycles. The second-order valence-electron chi connectivity index (χ2n) is 4.08. The molecular formula is C14H11BrN2O3. The summed E-state index contributed by atoms with van der Waals surface area (Å²) in [5.41, 5.74) is 7.08. The van der Waals surface area contributed by atoms with Crippen LogP contribution in [0.15, 0.2) is 46.9 Å². The van der Waals surface area contributed by atoms with Crippen molar-refractivity contribution in [3.8, 4) is 0 Å². The second-order valence-corrected chi connectivity index (χ2v) is 4.93. The molecule has 0 fully saturated rings. The van der Waals surface area contributed by atoms with Crippen molar-refractivity contribution in [1.82, 2.24) is 0 Å². The molecule has 2 aromatic carbocycles. The molecule has 0 bridgehead atoms. The molecule has 0 spiro atoms. The summed E-state index contributed by atoms with van der Waals surface area (Å²) in [5, 5.41) is 11.5. The first kappa shape index (κ1) is 14.1. The average Bonchev–Trinajstić information content (AvgIpc) is 2.42. The Morgan fingerprint density at radius 1 is 1.10 bits per heavy atom. The maximum atomic E-state index is 12.0. The third kappa shape index (κ3) is 3.16. The largest absolute Gasteiger partial charge is 0.478 e. The lowest BCUT2D eigenvalue weighted by molar-refractivity contribution is 0.0696. The Morgan fingerprint density at radius 3 is 2.50 bits per heavy atom. The zero-order chi connectivity index (χ0) is 14.7. The van der Waals surface area contributed by atoms with E-state index in [-0.39, 0.29) is 11.5 Å². The minimum absolute atomic E-state index is 0.109. The van der Waals surface area contributed by atoms with Crippen molar-refractivity contribution in [2.75, 3.05) is 11.1 Å². The van der Waals surface area contributed by atoms with E-state index in [1.165, 1.54) is 12.1 Å². The van der Waals surface area contributed by atoms with Gasteiger partial charge in [0.25, 0.3) is 5.91 Å². The molecule has 2 rings (SSSR count). The van der Waals surface area contributed by atoms with Gasteiger partial charge in [0.05, 0.1) is 5.56 Å². The number of carboxylic acid groups (broad SMARTS) is 1. The van der Waals surface area contributed by atoms with Gasteiger partial charge in [0, 0.05) is 21.4 Å². The summed E-state index contributed by atoms with van der Waals surface area (Å²) in [4.78, 5) is 22.9. The Morgan fingerprint density at radius 2 is 1.85 bits per heavy atom. The summed E-state index contributed by atoms with van der Waals surface area (Å²) in [6.07, 6.45) is 0. The van der Waals surface area contributed by atoms with Crippen LogP contribution in [0.4, 0.5) is 11.4 Å². The number of nitrogen functional groups attached to an aromatic ring is 1. The predicted molar refractivity (Wildman–Crippen MR) is 79.9 cm³/mol. The van der Waals surface area contributed by atoms with Crippen molar-refractivity contribution in [2.24, 2.45) is 0 Å². The van der Waals surface area contributed by atoms with Gasteiger partial charge in [-0.2, -0.15) is 0 Å². The Balaban J connectivity index is 2.21. The quantitative estimate of drug-likeness (QED) is 0.752. The van der Waals surface area contributed by atoms with Gasteiger partial charge >= 0.3 is 5.97 Å². The van der Waals surface area contributed by atoms with Crippen molar-refractivity contribution in [1.29, 1.82) is 0 Å².